The maximum atomic E-state index is 11.6. The fourth-order valence-electron chi connectivity index (χ4n) is 1.99. The third-order valence-electron chi connectivity index (χ3n) is 3.06. The fraction of sp³-hybridized carbons (Fsp3) is 0.636. The molecule has 0 saturated carbocycles. The summed E-state index contributed by atoms with van der Waals surface area (Å²) in [6.07, 6.45) is 4.00. The van der Waals surface area contributed by atoms with Crippen molar-refractivity contribution < 1.29 is 0 Å². The SMILES string of the molecule is Cn1ncc(NCC2CCCNC2)c(Cl)c1=O. The zero-order chi connectivity index (χ0) is 12.3. The van der Waals surface area contributed by atoms with Crippen molar-refractivity contribution in [2.75, 3.05) is 25.0 Å². The minimum Gasteiger partial charge on any atom is -0.382 e. The van der Waals surface area contributed by atoms with Crippen molar-refractivity contribution in [1.29, 1.82) is 0 Å². The molecule has 0 radical (unpaired) electrons. The number of nitrogens with one attached hydrogen (secondary N) is 2. The molecule has 1 unspecified atom stereocenters. The number of piperidine rings is 1. The average molecular weight is 257 g/mol. The lowest BCUT2D eigenvalue weighted by atomic mass is 10.00. The van der Waals surface area contributed by atoms with Gasteiger partial charge in [0.05, 0.1) is 11.9 Å². The Morgan fingerprint density at radius 2 is 2.53 bits per heavy atom. The Hall–Kier alpha value is -1.07. The van der Waals surface area contributed by atoms with E-state index < -0.39 is 0 Å². The van der Waals surface area contributed by atoms with E-state index in [1.54, 1.807) is 13.2 Å². The van der Waals surface area contributed by atoms with E-state index in [1.807, 2.05) is 0 Å². The molecule has 0 aliphatic carbocycles. The molecule has 0 aromatic carbocycles. The van der Waals surface area contributed by atoms with Crippen molar-refractivity contribution in [3.05, 3.63) is 21.6 Å². The van der Waals surface area contributed by atoms with Crippen LogP contribution in [0.5, 0.6) is 0 Å². The zero-order valence-corrected chi connectivity index (χ0v) is 10.6. The van der Waals surface area contributed by atoms with Gasteiger partial charge in [0.1, 0.15) is 5.02 Å². The quantitative estimate of drug-likeness (QED) is 0.842. The molecule has 2 N–H and O–H groups in total. The Labute approximate surface area is 105 Å². The molecule has 0 bridgehead atoms. The topological polar surface area (TPSA) is 59.0 Å². The Kier molecular flexibility index (Phi) is 4.02. The number of aryl methyl sites for hydroxylation is 1. The Morgan fingerprint density at radius 3 is 3.24 bits per heavy atom. The summed E-state index contributed by atoms with van der Waals surface area (Å²) in [5.74, 6) is 0.587. The second-order valence-electron chi connectivity index (χ2n) is 4.39. The predicted molar refractivity (Wildman–Crippen MR) is 68.6 cm³/mol. The number of halogens is 1. The van der Waals surface area contributed by atoms with Crippen molar-refractivity contribution in [2.24, 2.45) is 13.0 Å². The maximum absolute atomic E-state index is 11.6. The third-order valence-corrected chi connectivity index (χ3v) is 3.42. The summed E-state index contributed by atoms with van der Waals surface area (Å²) < 4.78 is 1.23. The first kappa shape index (κ1) is 12.4. The molecule has 2 rings (SSSR count). The summed E-state index contributed by atoms with van der Waals surface area (Å²) in [7, 11) is 1.59. The van der Waals surface area contributed by atoms with Gasteiger partial charge in [-0.3, -0.25) is 4.79 Å². The van der Waals surface area contributed by atoms with Gasteiger partial charge in [-0.15, -0.1) is 0 Å². The van der Waals surface area contributed by atoms with Crippen LogP contribution in [-0.2, 0) is 7.05 Å². The largest absolute Gasteiger partial charge is 0.382 e. The molecule has 1 fully saturated rings. The lowest BCUT2D eigenvalue weighted by molar-refractivity contribution is 0.393. The Bertz CT molecular complexity index is 440. The number of aromatic nitrogens is 2. The molecule has 1 aliphatic heterocycles. The van der Waals surface area contributed by atoms with Crippen LogP contribution in [0.1, 0.15) is 12.8 Å². The zero-order valence-electron chi connectivity index (χ0n) is 9.87. The monoisotopic (exact) mass is 256 g/mol. The first-order valence-corrected chi connectivity index (χ1v) is 6.22. The molecule has 2 heterocycles. The molecular weight excluding hydrogens is 240 g/mol. The van der Waals surface area contributed by atoms with Crippen LogP contribution < -0.4 is 16.2 Å². The molecule has 0 spiro atoms. The summed E-state index contributed by atoms with van der Waals surface area (Å²) in [5, 5.41) is 10.7. The van der Waals surface area contributed by atoms with Crippen molar-refractivity contribution >= 4 is 17.3 Å². The number of anilines is 1. The van der Waals surface area contributed by atoms with Crippen molar-refractivity contribution in [3.8, 4) is 0 Å². The summed E-state index contributed by atoms with van der Waals surface area (Å²) in [4.78, 5) is 11.6. The van der Waals surface area contributed by atoms with Gasteiger partial charge in [0.2, 0.25) is 0 Å². The third kappa shape index (κ3) is 2.98. The van der Waals surface area contributed by atoms with Gasteiger partial charge in [-0.2, -0.15) is 5.10 Å². The van der Waals surface area contributed by atoms with Crippen LogP contribution >= 0.6 is 11.6 Å². The second-order valence-corrected chi connectivity index (χ2v) is 4.77. The lowest BCUT2D eigenvalue weighted by Gasteiger charge is -2.23. The van der Waals surface area contributed by atoms with Gasteiger partial charge in [0.15, 0.2) is 0 Å². The molecule has 1 saturated heterocycles. The fourth-order valence-corrected chi connectivity index (χ4v) is 2.22. The first-order valence-electron chi connectivity index (χ1n) is 5.85. The van der Waals surface area contributed by atoms with Gasteiger partial charge in [0, 0.05) is 13.6 Å². The highest BCUT2D eigenvalue weighted by Gasteiger charge is 2.14. The first-order chi connectivity index (χ1) is 8.18. The van der Waals surface area contributed by atoms with Crippen LogP contribution in [0.4, 0.5) is 5.69 Å². The molecule has 1 aromatic rings. The van der Waals surface area contributed by atoms with E-state index in [4.69, 9.17) is 11.6 Å². The summed E-state index contributed by atoms with van der Waals surface area (Å²) in [6, 6.07) is 0. The maximum Gasteiger partial charge on any atom is 0.287 e. The van der Waals surface area contributed by atoms with Crippen LogP contribution in [0.25, 0.3) is 0 Å². The summed E-state index contributed by atoms with van der Waals surface area (Å²) >= 11 is 5.96. The molecule has 1 aliphatic rings. The van der Waals surface area contributed by atoms with Gasteiger partial charge in [-0.05, 0) is 31.8 Å². The standard InChI is InChI=1S/C11H17ClN4O/c1-16-11(17)10(12)9(7-15-16)14-6-8-3-2-4-13-5-8/h7-8,13-14H,2-6H2,1H3. The molecule has 0 amide bonds. The summed E-state index contributed by atoms with van der Waals surface area (Å²) in [5.41, 5.74) is 0.360. The van der Waals surface area contributed by atoms with E-state index in [0.717, 1.165) is 19.6 Å². The van der Waals surface area contributed by atoms with E-state index in [2.05, 4.69) is 15.7 Å². The smallest absolute Gasteiger partial charge is 0.287 e. The molecule has 17 heavy (non-hydrogen) atoms. The molecule has 1 aromatic heterocycles. The van der Waals surface area contributed by atoms with Crippen LogP contribution in [0, 0.1) is 5.92 Å². The van der Waals surface area contributed by atoms with Crippen molar-refractivity contribution in [3.63, 3.8) is 0 Å². The highest BCUT2D eigenvalue weighted by atomic mass is 35.5. The predicted octanol–water partition coefficient (Wildman–Crippen LogP) is 0.845. The highest BCUT2D eigenvalue weighted by molar-refractivity contribution is 6.32. The molecule has 94 valence electrons. The second kappa shape index (κ2) is 5.51. The van der Waals surface area contributed by atoms with E-state index >= 15 is 0 Å². The van der Waals surface area contributed by atoms with Gasteiger partial charge >= 0.3 is 0 Å². The van der Waals surface area contributed by atoms with Crippen LogP contribution in [0.2, 0.25) is 5.02 Å². The van der Waals surface area contributed by atoms with Gasteiger partial charge < -0.3 is 10.6 Å². The minimum atomic E-state index is -0.265. The van der Waals surface area contributed by atoms with Crippen LogP contribution in [-0.4, -0.2) is 29.4 Å². The van der Waals surface area contributed by atoms with E-state index in [1.165, 1.54) is 17.5 Å². The number of hydrogen-bond donors (Lipinski definition) is 2. The van der Waals surface area contributed by atoms with Crippen molar-refractivity contribution in [1.82, 2.24) is 15.1 Å². The lowest BCUT2D eigenvalue weighted by Crippen LogP contribution is -2.34. The normalized spacial score (nSPS) is 20.2. The van der Waals surface area contributed by atoms with Crippen molar-refractivity contribution in [2.45, 2.75) is 12.8 Å². The number of hydrogen-bond acceptors (Lipinski definition) is 4. The molecule has 6 heteroatoms. The van der Waals surface area contributed by atoms with Gasteiger partial charge in [-0.25, -0.2) is 4.68 Å². The summed E-state index contributed by atoms with van der Waals surface area (Å²) in [6.45, 7) is 2.94. The highest BCUT2D eigenvalue weighted by Crippen LogP contribution is 2.17. The average Bonchev–Trinajstić information content (AvgIpc) is 2.36. The van der Waals surface area contributed by atoms with Gasteiger partial charge in [0.25, 0.3) is 5.56 Å². The Balaban J connectivity index is 1.99. The molecule has 1 atom stereocenters. The van der Waals surface area contributed by atoms with E-state index in [9.17, 15) is 4.79 Å². The van der Waals surface area contributed by atoms with E-state index in [-0.39, 0.29) is 10.6 Å². The Morgan fingerprint density at radius 1 is 1.71 bits per heavy atom. The van der Waals surface area contributed by atoms with Crippen LogP contribution in [0.3, 0.4) is 0 Å². The minimum absolute atomic E-state index is 0.214. The molecule has 5 nitrogen and oxygen atoms in total. The van der Waals surface area contributed by atoms with E-state index in [0.29, 0.717) is 11.6 Å². The number of nitrogens with zero attached hydrogens (tertiary/aromatic N) is 2. The van der Waals surface area contributed by atoms with Crippen LogP contribution in [0.15, 0.2) is 11.0 Å². The molecular formula is C11H17ClN4O. The number of rotatable bonds is 3. The van der Waals surface area contributed by atoms with Gasteiger partial charge in [-0.1, -0.05) is 11.6 Å².